The van der Waals surface area contributed by atoms with Crippen LogP contribution in [-0.2, 0) is 4.79 Å². The minimum Gasteiger partial charge on any atom is -0.493 e. The normalized spacial score (nSPS) is 10.9. The number of benzene rings is 1. The molecule has 1 aromatic carbocycles. The smallest absolute Gasteiger partial charge is 0.219 e. The maximum Gasteiger partial charge on any atom is 0.219 e. The molecule has 6 heteroatoms. The second-order valence-corrected chi connectivity index (χ2v) is 4.95. The van der Waals surface area contributed by atoms with Crippen molar-refractivity contribution >= 4 is 17.3 Å². The van der Waals surface area contributed by atoms with Gasteiger partial charge in [0.1, 0.15) is 0 Å². The summed E-state index contributed by atoms with van der Waals surface area (Å²) in [7, 11) is 3.09. The number of hydrogen-bond donors (Lipinski definition) is 3. The number of methoxy groups -OCH3 is 2. The molecule has 1 amide bonds. The zero-order chi connectivity index (χ0) is 14.6. The molecule has 1 rings (SSSR count). The average Bonchev–Trinajstić information content (AvgIpc) is 2.29. The second kappa shape index (κ2) is 5.69. The first-order valence-electron chi connectivity index (χ1n) is 5.87. The molecule has 0 saturated carbocycles. The van der Waals surface area contributed by atoms with Gasteiger partial charge in [-0.2, -0.15) is 0 Å². The fourth-order valence-electron chi connectivity index (χ4n) is 1.85. The number of carbonyl (C=O) groups is 1. The molecule has 5 N–H and O–H groups in total. The van der Waals surface area contributed by atoms with E-state index in [1.54, 1.807) is 26.4 Å². The number of primary amides is 1. The predicted molar refractivity (Wildman–Crippen MR) is 75.5 cm³/mol. The Morgan fingerprint density at radius 2 is 1.79 bits per heavy atom. The van der Waals surface area contributed by atoms with Crippen molar-refractivity contribution in [2.75, 3.05) is 25.3 Å². The van der Waals surface area contributed by atoms with Crippen molar-refractivity contribution in [3.63, 3.8) is 0 Å². The van der Waals surface area contributed by atoms with Crippen LogP contribution in [0.1, 0.15) is 20.3 Å². The van der Waals surface area contributed by atoms with Crippen LogP contribution in [0, 0.1) is 0 Å². The van der Waals surface area contributed by atoms with Crippen molar-refractivity contribution in [1.29, 1.82) is 0 Å². The van der Waals surface area contributed by atoms with Crippen LogP contribution in [0.15, 0.2) is 12.1 Å². The fourth-order valence-corrected chi connectivity index (χ4v) is 1.85. The Hall–Kier alpha value is -2.11. The molecule has 6 nitrogen and oxygen atoms in total. The lowest BCUT2D eigenvalue weighted by Crippen LogP contribution is -2.36. The Balaban J connectivity index is 3.04. The highest BCUT2D eigenvalue weighted by Crippen LogP contribution is 2.36. The van der Waals surface area contributed by atoms with Gasteiger partial charge in [0.05, 0.1) is 25.6 Å². The molecule has 0 radical (unpaired) electrons. The summed E-state index contributed by atoms with van der Waals surface area (Å²) in [5.74, 6) is 0.740. The van der Waals surface area contributed by atoms with Crippen LogP contribution in [0.5, 0.6) is 11.5 Å². The van der Waals surface area contributed by atoms with Crippen molar-refractivity contribution in [2.45, 2.75) is 25.8 Å². The number of hydrogen-bond acceptors (Lipinski definition) is 5. The molecule has 0 fully saturated rings. The summed E-state index contributed by atoms with van der Waals surface area (Å²) in [6.07, 6.45) is 0.195. The van der Waals surface area contributed by atoms with E-state index in [9.17, 15) is 4.79 Å². The molecule has 0 aromatic heterocycles. The molecule has 0 unspecified atom stereocenters. The number of nitrogens with one attached hydrogen (secondary N) is 1. The van der Waals surface area contributed by atoms with Crippen LogP contribution < -0.4 is 26.3 Å². The van der Waals surface area contributed by atoms with E-state index in [0.29, 0.717) is 22.9 Å². The summed E-state index contributed by atoms with van der Waals surface area (Å²) in [4.78, 5) is 11.0. The number of amides is 1. The van der Waals surface area contributed by atoms with Crippen LogP contribution in [0.25, 0.3) is 0 Å². The highest BCUT2D eigenvalue weighted by atomic mass is 16.5. The van der Waals surface area contributed by atoms with Gasteiger partial charge < -0.3 is 26.3 Å². The Bertz CT molecular complexity index is 472. The van der Waals surface area contributed by atoms with Crippen LogP contribution in [0.2, 0.25) is 0 Å². The zero-order valence-corrected chi connectivity index (χ0v) is 11.7. The number of carbonyl (C=O) groups excluding carboxylic acids is 1. The number of nitrogens with two attached hydrogens (primary N) is 2. The van der Waals surface area contributed by atoms with Gasteiger partial charge in [-0.3, -0.25) is 4.79 Å². The SMILES string of the molecule is COc1cc(N)c(NC(C)(C)CC(N)=O)cc1OC. The zero-order valence-electron chi connectivity index (χ0n) is 11.7. The van der Waals surface area contributed by atoms with Gasteiger partial charge in [-0.25, -0.2) is 0 Å². The van der Waals surface area contributed by atoms with Crippen molar-refractivity contribution in [2.24, 2.45) is 5.73 Å². The molecule has 106 valence electrons. The molecule has 0 aliphatic carbocycles. The predicted octanol–water partition coefficient (Wildman–Crippen LogP) is 1.35. The van der Waals surface area contributed by atoms with E-state index >= 15 is 0 Å². The molecule has 0 atom stereocenters. The number of anilines is 2. The van der Waals surface area contributed by atoms with Gasteiger partial charge in [-0.15, -0.1) is 0 Å². The fraction of sp³-hybridized carbons (Fsp3) is 0.462. The lowest BCUT2D eigenvalue weighted by molar-refractivity contribution is -0.118. The summed E-state index contributed by atoms with van der Waals surface area (Å²) in [5.41, 5.74) is 11.8. The maximum atomic E-state index is 11.0. The van der Waals surface area contributed by atoms with Crippen LogP contribution >= 0.6 is 0 Å². The highest BCUT2D eigenvalue weighted by molar-refractivity contribution is 5.77. The third kappa shape index (κ3) is 3.94. The van der Waals surface area contributed by atoms with Gasteiger partial charge in [-0.05, 0) is 13.8 Å². The molecule has 0 bridgehead atoms. The molecule has 0 aliphatic rings. The minimum absolute atomic E-state index is 0.195. The van der Waals surface area contributed by atoms with Crippen LogP contribution in [0.4, 0.5) is 11.4 Å². The molecule has 0 spiro atoms. The Kier molecular flexibility index (Phi) is 4.47. The number of ether oxygens (including phenoxy) is 2. The summed E-state index contributed by atoms with van der Waals surface area (Å²) >= 11 is 0. The molecule has 1 aromatic rings. The average molecular weight is 267 g/mol. The quantitative estimate of drug-likeness (QED) is 0.676. The standard InChI is InChI=1S/C13H21N3O3/c1-13(2,7-12(15)17)16-9-6-11(19-4)10(18-3)5-8(9)14/h5-6,16H,7,14H2,1-4H3,(H2,15,17). The van der Waals surface area contributed by atoms with E-state index in [-0.39, 0.29) is 12.3 Å². The molecule has 19 heavy (non-hydrogen) atoms. The highest BCUT2D eigenvalue weighted by Gasteiger charge is 2.22. The molecular formula is C13H21N3O3. The summed E-state index contributed by atoms with van der Waals surface area (Å²) in [5, 5.41) is 3.18. The van der Waals surface area contributed by atoms with Gasteiger partial charge >= 0.3 is 0 Å². The first kappa shape index (κ1) is 14.9. The van der Waals surface area contributed by atoms with E-state index < -0.39 is 5.54 Å². The Morgan fingerprint density at radius 3 is 2.26 bits per heavy atom. The van der Waals surface area contributed by atoms with Gasteiger partial charge in [0, 0.05) is 24.1 Å². The number of nitrogen functional groups attached to an aromatic ring is 1. The summed E-state index contributed by atoms with van der Waals surface area (Å²) in [6, 6.07) is 3.40. The lowest BCUT2D eigenvalue weighted by atomic mass is 9.99. The van der Waals surface area contributed by atoms with Crippen molar-refractivity contribution < 1.29 is 14.3 Å². The van der Waals surface area contributed by atoms with E-state index in [4.69, 9.17) is 20.9 Å². The third-order valence-corrected chi connectivity index (χ3v) is 2.64. The first-order valence-corrected chi connectivity index (χ1v) is 5.87. The summed E-state index contributed by atoms with van der Waals surface area (Å²) < 4.78 is 10.4. The molecule has 0 heterocycles. The van der Waals surface area contributed by atoms with Crippen molar-refractivity contribution in [3.8, 4) is 11.5 Å². The van der Waals surface area contributed by atoms with Gasteiger partial charge in [0.2, 0.25) is 5.91 Å². The topological polar surface area (TPSA) is 99.6 Å². The van der Waals surface area contributed by atoms with Gasteiger partial charge in [-0.1, -0.05) is 0 Å². The first-order chi connectivity index (χ1) is 8.79. The van der Waals surface area contributed by atoms with Gasteiger partial charge in [0.25, 0.3) is 0 Å². The van der Waals surface area contributed by atoms with Gasteiger partial charge in [0.15, 0.2) is 11.5 Å². The van der Waals surface area contributed by atoms with Crippen LogP contribution in [0.3, 0.4) is 0 Å². The molecule has 0 aliphatic heterocycles. The lowest BCUT2D eigenvalue weighted by Gasteiger charge is -2.27. The maximum absolute atomic E-state index is 11.0. The monoisotopic (exact) mass is 267 g/mol. The minimum atomic E-state index is -0.500. The third-order valence-electron chi connectivity index (χ3n) is 2.64. The number of rotatable bonds is 6. The van der Waals surface area contributed by atoms with E-state index in [1.165, 1.54) is 0 Å². The van der Waals surface area contributed by atoms with Crippen molar-refractivity contribution in [1.82, 2.24) is 0 Å². The molecule has 0 saturated heterocycles. The second-order valence-electron chi connectivity index (χ2n) is 4.95. The van der Waals surface area contributed by atoms with E-state index in [1.807, 2.05) is 13.8 Å². The van der Waals surface area contributed by atoms with Crippen LogP contribution in [-0.4, -0.2) is 25.7 Å². The summed E-state index contributed by atoms with van der Waals surface area (Å²) in [6.45, 7) is 3.74. The Morgan fingerprint density at radius 1 is 1.26 bits per heavy atom. The Labute approximate surface area is 113 Å². The van der Waals surface area contributed by atoms with Crippen molar-refractivity contribution in [3.05, 3.63) is 12.1 Å². The van der Waals surface area contributed by atoms with E-state index in [2.05, 4.69) is 5.32 Å². The largest absolute Gasteiger partial charge is 0.493 e. The van der Waals surface area contributed by atoms with E-state index in [0.717, 1.165) is 0 Å². The molecular weight excluding hydrogens is 246 g/mol.